The van der Waals surface area contributed by atoms with Crippen LogP contribution in [-0.4, -0.2) is 50.1 Å². The predicted molar refractivity (Wildman–Crippen MR) is 127 cm³/mol. The fourth-order valence-corrected chi connectivity index (χ4v) is 6.69. The summed E-state index contributed by atoms with van der Waals surface area (Å²) in [4.78, 5) is 43.0. The van der Waals surface area contributed by atoms with Gasteiger partial charge < -0.3 is 9.47 Å². The molecule has 2 amide bonds. The van der Waals surface area contributed by atoms with E-state index >= 15 is 0 Å². The number of hydrogen-bond acceptors (Lipinski definition) is 6. The Kier molecular flexibility index (Phi) is 5.58. The SMILES string of the molecule is O=C(CCN1C(=O)/C(=C\c2cccs2)SC1=S)N1CC2CC(C1)c1cccc(=O)n1C2. The van der Waals surface area contributed by atoms with Crippen LogP contribution in [0.2, 0.25) is 0 Å². The number of carbonyl (C=O) groups is 2. The van der Waals surface area contributed by atoms with Crippen molar-refractivity contribution in [2.45, 2.75) is 25.3 Å². The molecule has 160 valence electrons. The highest BCUT2D eigenvalue weighted by atomic mass is 32.2. The average molecular weight is 472 g/mol. The van der Waals surface area contributed by atoms with Gasteiger partial charge in [0.15, 0.2) is 0 Å². The van der Waals surface area contributed by atoms with Gasteiger partial charge >= 0.3 is 0 Å². The predicted octanol–water partition coefficient (Wildman–Crippen LogP) is 3.15. The van der Waals surface area contributed by atoms with Crippen LogP contribution in [0.3, 0.4) is 0 Å². The van der Waals surface area contributed by atoms with E-state index < -0.39 is 0 Å². The van der Waals surface area contributed by atoms with Crippen molar-refractivity contribution in [1.29, 1.82) is 0 Å². The van der Waals surface area contributed by atoms with Crippen LogP contribution in [0.5, 0.6) is 0 Å². The van der Waals surface area contributed by atoms with Crippen molar-refractivity contribution in [2.24, 2.45) is 5.92 Å². The molecule has 5 rings (SSSR count). The molecule has 0 spiro atoms. The van der Waals surface area contributed by atoms with Gasteiger partial charge in [0.1, 0.15) is 4.32 Å². The minimum absolute atomic E-state index is 0.0388. The fourth-order valence-electron chi connectivity index (χ4n) is 4.66. The van der Waals surface area contributed by atoms with Crippen LogP contribution >= 0.6 is 35.3 Å². The molecule has 0 aromatic carbocycles. The Morgan fingerprint density at radius 1 is 1.16 bits per heavy atom. The Bertz CT molecular complexity index is 1140. The van der Waals surface area contributed by atoms with Crippen molar-refractivity contribution >= 4 is 57.5 Å². The molecule has 2 atom stereocenters. The summed E-state index contributed by atoms with van der Waals surface area (Å²) in [7, 11) is 0. The number of thiocarbonyl (C=S) groups is 1. The third kappa shape index (κ3) is 4.02. The Balaban J connectivity index is 1.23. The maximum atomic E-state index is 13.0. The minimum Gasteiger partial charge on any atom is -0.342 e. The lowest BCUT2D eigenvalue weighted by Gasteiger charge is -2.42. The number of aromatic nitrogens is 1. The van der Waals surface area contributed by atoms with E-state index in [2.05, 4.69) is 0 Å². The molecule has 6 nitrogen and oxygen atoms in total. The van der Waals surface area contributed by atoms with Gasteiger partial charge in [0.25, 0.3) is 11.5 Å². The number of thioether (sulfide) groups is 1. The zero-order valence-electron chi connectivity index (χ0n) is 16.7. The van der Waals surface area contributed by atoms with Crippen molar-refractivity contribution in [3.63, 3.8) is 0 Å². The molecular weight excluding hydrogens is 450 g/mol. The van der Waals surface area contributed by atoms with Gasteiger partial charge in [0, 0.05) is 55.2 Å². The number of piperidine rings is 1. The summed E-state index contributed by atoms with van der Waals surface area (Å²) in [6.45, 7) is 2.24. The Hall–Kier alpha value is -2.23. The molecular formula is C22H21N3O3S3. The number of hydrogen-bond donors (Lipinski definition) is 0. The first-order valence-corrected chi connectivity index (χ1v) is 12.4. The van der Waals surface area contributed by atoms with E-state index in [4.69, 9.17) is 12.2 Å². The Morgan fingerprint density at radius 3 is 2.84 bits per heavy atom. The van der Waals surface area contributed by atoms with Crippen LogP contribution in [0, 0.1) is 5.92 Å². The van der Waals surface area contributed by atoms with Gasteiger partial charge in [-0.15, -0.1) is 11.3 Å². The summed E-state index contributed by atoms with van der Waals surface area (Å²) in [5.41, 5.74) is 1.06. The van der Waals surface area contributed by atoms with Crippen LogP contribution in [0.1, 0.15) is 29.3 Å². The van der Waals surface area contributed by atoms with E-state index in [1.54, 1.807) is 23.5 Å². The second-order valence-corrected chi connectivity index (χ2v) is 10.8. The summed E-state index contributed by atoms with van der Waals surface area (Å²) >= 11 is 8.26. The lowest BCUT2D eigenvalue weighted by Crippen LogP contribution is -2.49. The van der Waals surface area contributed by atoms with Crippen molar-refractivity contribution in [1.82, 2.24) is 14.4 Å². The molecule has 2 aromatic heterocycles. The number of nitrogens with zero attached hydrogens (tertiary/aromatic N) is 3. The molecule has 2 unspecified atom stereocenters. The molecule has 0 radical (unpaired) electrons. The van der Waals surface area contributed by atoms with E-state index in [1.807, 2.05) is 39.1 Å². The standard InChI is InChI=1S/C22H21N3O3S3/c26-19(6-7-24-21(28)18(31-22(24)29)10-16-3-2-8-30-16)23-11-14-9-15(13-23)17-4-1-5-20(27)25(17)12-14/h1-5,8,10,14-15H,6-7,9,11-13H2/b18-10+. The summed E-state index contributed by atoms with van der Waals surface area (Å²) in [5, 5.41) is 1.97. The monoisotopic (exact) mass is 471 g/mol. The third-order valence-corrected chi connectivity index (χ3v) is 8.27. The first-order valence-electron chi connectivity index (χ1n) is 10.3. The minimum atomic E-state index is -0.125. The van der Waals surface area contributed by atoms with Crippen molar-refractivity contribution in [2.75, 3.05) is 19.6 Å². The summed E-state index contributed by atoms with van der Waals surface area (Å²) < 4.78 is 2.37. The lowest BCUT2D eigenvalue weighted by atomic mass is 9.83. The Morgan fingerprint density at radius 2 is 2.03 bits per heavy atom. The fraction of sp³-hybridized carbons (Fsp3) is 0.364. The number of carbonyl (C=O) groups excluding carboxylic acids is 2. The van der Waals surface area contributed by atoms with Gasteiger partial charge in [-0.25, -0.2) is 0 Å². The topological polar surface area (TPSA) is 62.6 Å². The van der Waals surface area contributed by atoms with E-state index in [0.717, 1.165) is 17.0 Å². The van der Waals surface area contributed by atoms with Gasteiger partial charge in [-0.1, -0.05) is 36.1 Å². The van der Waals surface area contributed by atoms with Crippen molar-refractivity contribution in [3.8, 4) is 0 Å². The van der Waals surface area contributed by atoms with Crippen molar-refractivity contribution in [3.05, 3.63) is 61.5 Å². The van der Waals surface area contributed by atoms with Gasteiger partial charge in [0.05, 0.1) is 4.91 Å². The lowest BCUT2D eigenvalue weighted by molar-refractivity contribution is -0.134. The van der Waals surface area contributed by atoms with Gasteiger partial charge in [-0.2, -0.15) is 0 Å². The van der Waals surface area contributed by atoms with E-state index in [1.165, 1.54) is 16.7 Å². The smallest absolute Gasteiger partial charge is 0.266 e. The first-order chi connectivity index (χ1) is 15.0. The average Bonchev–Trinajstić information content (AvgIpc) is 3.35. The quantitative estimate of drug-likeness (QED) is 0.506. The number of likely N-dealkylation sites (tertiary alicyclic amines) is 1. The Labute approximate surface area is 193 Å². The zero-order chi connectivity index (χ0) is 21.5. The van der Waals surface area contributed by atoms with Crippen LogP contribution in [-0.2, 0) is 16.1 Å². The highest BCUT2D eigenvalue weighted by Gasteiger charge is 2.37. The molecule has 2 bridgehead atoms. The zero-order valence-corrected chi connectivity index (χ0v) is 19.2. The molecule has 0 aliphatic carbocycles. The summed E-state index contributed by atoms with van der Waals surface area (Å²) in [6.07, 6.45) is 3.12. The van der Waals surface area contributed by atoms with E-state index in [-0.39, 0.29) is 29.7 Å². The molecule has 31 heavy (non-hydrogen) atoms. The number of thiophene rings is 1. The van der Waals surface area contributed by atoms with Crippen LogP contribution in [0.15, 0.2) is 45.4 Å². The highest BCUT2D eigenvalue weighted by Crippen LogP contribution is 2.36. The molecule has 5 heterocycles. The van der Waals surface area contributed by atoms with E-state index in [0.29, 0.717) is 41.3 Å². The second kappa shape index (κ2) is 8.37. The maximum absolute atomic E-state index is 13.0. The van der Waals surface area contributed by atoms with E-state index in [9.17, 15) is 14.4 Å². The molecule has 0 saturated carbocycles. The van der Waals surface area contributed by atoms with Crippen molar-refractivity contribution < 1.29 is 9.59 Å². The first kappa shape index (κ1) is 20.7. The number of pyridine rings is 1. The van der Waals surface area contributed by atoms with Gasteiger partial charge in [-0.3, -0.25) is 19.3 Å². The van der Waals surface area contributed by atoms with Gasteiger partial charge in [-0.05, 0) is 35.9 Å². The van der Waals surface area contributed by atoms with Crippen LogP contribution in [0.25, 0.3) is 6.08 Å². The number of fused-ring (bicyclic) bond motifs is 4. The molecule has 9 heteroatoms. The third-order valence-electron chi connectivity index (χ3n) is 6.07. The number of amides is 2. The highest BCUT2D eigenvalue weighted by molar-refractivity contribution is 8.26. The summed E-state index contributed by atoms with van der Waals surface area (Å²) in [6, 6.07) is 9.30. The number of rotatable bonds is 4. The molecule has 2 aromatic rings. The normalized spacial score (nSPS) is 24.1. The molecule has 0 N–H and O–H groups in total. The van der Waals surface area contributed by atoms with Crippen LogP contribution < -0.4 is 5.56 Å². The molecule has 3 aliphatic rings. The summed E-state index contributed by atoms with van der Waals surface area (Å²) in [5.74, 6) is 0.397. The maximum Gasteiger partial charge on any atom is 0.266 e. The van der Waals surface area contributed by atoms with Gasteiger partial charge in [0.2, 0.25) is 5.91 Å². The molecule has 2 fully saturated rings. The second-order valence-electron chi connectivity index (χ2n) is 8.10. The molecule has 2 saturated heterocycles. The van der Waals surface area contributed by atoms with Crippen LogP contribution in [0.4, 0.5) is 0 Å². The largest absolute Gasteiger partial charge is 0.342 e. The molecule has 3 aliphatic heterocycles.